The second-order valence-electron chi connectivity index (χ2n) is 5.12. The molecule has 19 heavy (non-hydrogen) atoms. The van der Waals surface area contributed by atoms with E-state index in [1.165, 1.54) is 15.6 Å². The van der Waals surface area contributed by atoms with Gasteiger partial charge < -0.3 is 15.0 Å². The Kier molecular flexibility index (Phi) is 3.84. The molecule has 2 aromatic rings. The molecule has 0 bridgehead atoms. The number of fused-ring (bicyclic) bond motifs is 1. The maximum atomic E-state index is 5.98. The molecule has 1 aromatic heterocycles. The van der Waals surface area contributed by atoms with Gasteiger partial charge in [-0.3, -0.25) is 0 Å². The van der Waals surface area contributed by atoms with Gasteiger partial charge in [-0.2, -0.15) is 0 Å². The fourth-order valence-electron chi connectivity index (χ4n) is 2.82. The van der Waals surface area contributed by atoms with E-state index in [4.69, 9.17) is 4.74 Å². The number of hydrogen-bond acceptors (Lipinski definition) is 4. The Balaban J connectivity index is 1.95. The highest BCUT2D eigenvalue weighted by atomic mass is 32.1. The molecule has 0 saturated carbocycles. The largest absolute Gasteiger partial charge is 0.374 e. The Bertz CT molecular complexity index is 554. The van der Waals surface area contributed by atoms with Gasteiger partial charge in [0.2, 0.25) is 0 Å². The lowest BCUT2D eigenvalue weighted by Crippen LogP contribution is -2.46. The lowest BCUT2D eigenvalue weighted by atomic mass is 9.99. The Morgan fingerprint density at radius 1 is 1.42 bits per heavy atom. The van der Waals surface area contributed by atoms with Gasteiger partial charge in [0.15, 0.2) is 0 Å². The molecule has 3 nitrogen and oxygen atoms in total. The molecule has 102 valence electrons. The maximum Gasteiger partial charge on any atom is 0.0897 e. The van der Waals surface area contributed by atoms with Gasteiger partial charge in [0.05, 0.1) is 18.8 Å². The number of ether oxygens (including phenoxy) is 1. The summed E-state index contributed by atoms with van der Waals surface area (Å²) in [6.45, 7) is 2.82. The third-order valence-corrected chi connectivity index (χ3v) is 4.80. The number of rotatable bonds is 3. The van der Waals surface area contributed by atoms with Crippen molar-refractivity contribution in [3.05, 3.63) is 35.2 Å². The SMILES string of the molecule is CNC(c1cccc2ccsc12)C1CN(C)CCO1. The number of benzene rings is 1. The van der Waals surface area contributed by atoms with Gasteiger partial charge >= 0.3 is 0 Å². The minimum atomic E-state index is 0.219. The minimum Gasteiger partial charge on any atom is -0.374 e. The first-order valence-electron chi connectivity index (χ1n) is 6.73. The van der Waals surface area contributed by atoms with Crippen LogP contribution >= 0.6 is 11.3 Å². The predicted molar refractivity (Wildman–Crippen MR) is 80.9 cm³/mol. The van der Waals surface area contributed by atoms with Crippen LogP contribution in [0.3, 0.4) is 0 Å². The Labute approximate surface area is 118 Å². The first-order chi connectivity index (χ1) is 9.29. The summed E-state index contributed by atoms with van der Waals surface area (Å²) in [5, 5.41) is 6.93. The van der Waals surface area contributed by atoms with Crippen molar-refractivity contribution in [2.24, 2.45) is 0 Å². The topological polar surface area (TPSA) is 24.5 Å². The fraction of sp³-hybridized carbons (Fsp3) is 0.467. The number of likely N-dealkylation sites (N-methyl/N-ethyl adjacent to an activating group) is 2. The third-order valence-electron chi connectivity index (χ3n) is 3.82. The van der Waals surface area contributed by atoms with E-state index < -0.39 is 0 Å². The van der Waals surface area contributed by atoms with Gasteiger partial charge in [-0.25, -0.2) is 0 Å². The molecule has 1 aromatic carbocycles. The standard InChI is InChI=1S/C15H20N2OS/c1-16-14(13-10-17(2)7-8-18-13)12-5-3-4-11-6-9-19-15(11)12/h3-6,9,13-14,16H,7-8,10H2,1-2H3. The molecule has 0 aliphatic carbocycles. The first-order valence-corrected chi connectivity index (χ1v) is 7.61. The highest BCUT2D eigenvalue weighted by Crippen LogP contribution is 2.31. The Morgan fingerprint density at radius 3 is 3.11 bits per heavy atom. The van der Waals surface area contributed by atoms with Crippen molar-refractivity contribution >= 4 is 21.4 Å². The molecule has 1 aliphatic heterocycles. The van der Waals surface area contributed by atoms with Crippen LogP contribution in [0.2, 0.25) is 0 Å². The summed E-state index contributed by atoms with van der Waals surface area (Å²) >= 11 is 1.81. The van der Waals surface area contributed by atoms with E-state index in [1.807, 2.05) is 18.4 Å². The molecule has 1 fully saturated rings. The fourth-order valence-corrected chi connectivity index (χ4v) is 3.77. The highest BCUT2D eigenvalue weighted by Gasteiger charge is 2.28. The van der Waals surface area contributed by atoms with Crippen LogP contribution in [0.15, 0.2) is 29.6 Å². The average Bonchev–Trinajstić information content (AvgIpc) is 2.89. The lowest BCUT2D eigenvalue weighted by molar-refractivity contribution is -0.0377. The van der Waals surface area contributed by atoms with E-state index in [1.54, 1.807) is 0 Å². The molecule has 2 unspecified atom stereocenters. The van der Waals surface area contributed by atoms with Crippen molar-refractivity contribution in [1.82, 2.24) is 10.2 Å². The van der Waals surface area contributed by atoms with E-state index in [0.717, 1.165) is 19.7 Å². The van der Waals surface area contributed by atoms with Crippen LogP contribution in [-0.2, 0) is 4.74 Å². The average molecular weight is 276 g/mol. The van der Waals surface area contributed by atoms with Crippen LogP contribution in [0, 0.1) is 0 Å². The zero-order valence-corrected chi connectivity index (χ0v) is 12.2. The molecule has 0 amide bonds. The molecular weight excluding hydrogens is 256 g/mol. The van der Waals surface area contributed by atoms with Crippen molar-refractivity contribution in [2.75, 3.05) is 33.8 Å². The number of nitrogens with one attached hydrogen (secondary N) is 1. The zero-order valence-electron chi connectivity index (χ0n) is 11.4. The van der Waals surface area contributed by atoms with Crippen LogP contribution in [0.5, 0.6) is 0 Å². The minimum absolute atomic E-state index is 0.219. The van der Waals surface area contributed by atoms with Gasteiger partial charge in [0.25, 0.3) is 0 Å². The van der Waals surface area contributed by atoms with Gasteiger partial charge in [-0.1, -0.05) is 18.2 Å². The molecule has 2 heterocycles. The summed E-state index contributed by atoms with van der Waals surface area (Å²) in [5.74, 6) is 0. The molecular formula is C15H20N2OS. The summed E-state index contributed by atoms with van der Waals surface area (Å²) in [6, 6.07) is 8.98. The van der Waals surface area contributed by atoms with Crippen molar-refractivity contribution in [3.63, 3.8) is 0 Å². The number of morpholine rings is 1. The predicted octanol–water partition coefficient (Wildman–Crippen LogP) is 2.49. The van der Waals surface area contributed by atoms with Crippen molar-refractivity contribution < 1.29 is 4.74 Å². The molecule has 1 aliphatic rings. The van der Waals surface area contributed by atoms with Crippen LogP contribution < -0.4 is 5.32 Å². The van der Waals surface area contributed by atoms with Crippen molar-refractivity contribution in [3.8, 4) is 0 Å². The van der Waals surface area contributed by atoms with Gasteiger partial charge in [0.1, 0.15) is 0 Å². The zero-order chi connectivity index (χ0) is 13.2. The third kappa shape index (κ3) is 2.54. The molecule has 2 atom stereocenters. The smallest absolute Gasteiger partial charge is 0.0897 e. The molecule has 4 heteroatoms. The van der Waals surface area contributed by atoms with E-state index in [9.17, 15) is 0 Å². The second kappa shape index (κ2) is 5.59. The summed E-state index contributed by atoms with van der Waals surface area (Å²) < 4.78 is 7.36. The summed E-state index contributed by atoms with van der Waals surface area (Å²) in [6.07, 6.45) is 0.219. The van der Waals surface area contributed by atoms with E-state index in [-0.39, 0.29) is 12.1 Å². The van der Waals surface area contributed by atoms with Gasteiger partial charge in [0, 0.05) is 17.8 Å². The normalized spacial score (nSPS) is 22.7. The van der Waals surface area contributed by atoms with Crippen LogP contribution in [-0.4, -0.2) is 44.8 Å². The highest BCUT2D eigenvalue weighted by molar-refractivity contribution is 7.17. The number of nitrogens with zero attached hydrogens (tertiary/aromatic N) is 1. The van der Waals surface area contributed by atoms with E-state index in [0.29, 0.717) is 0 Å². The molecule has 0 radical (unpaired) electrons. The van der Waals surface area contributed by atoms with Crippen LogP contribution in [0.1, 0.15) is 11.6 Å². The monoisotopic (exact) mass is 276 g/mol. The molecule has 3 rings (SSSR count). The summed E-state index contributed by atoms with van der Waals surface area (Å²) in [5.41, 5.74) is 1.36. The maximum absolute atomic E-state index is 5.98. The Hall–Kier alpha value is -0.940. The number of thiophene rings is 1. The van der Waals surface area contributed by atoms with Crippen molar-refractivity contribution in [1.29, 1.82) is 0 Å². The van der Waals surface area contributed by atoms with Crippen LogP contribution in [0.25, 0.3) is 10.1 Å². The first kappa shape index (κ1) is 13.1. The molecule has 0 spiro atoms. The summed E-state index contributed by atoms with van der Waals surface area (Å²) in [7, 11) is 4.18. The summed E-state index contributed by atoms with van der Waals surface area (Å²) in [4.78, 5) is 2.34. The molecule has 1 saturated heterocycles. The number of hydrogen-bond donors (Lipinski definition) is 1. The van der Waals surface area contributed by atoms with Crippen molar-refractivity contribution in [2.45, 2.75) is 12.1 Å². The quantitative estimate of drug-likeness (QED) is 0.932. The Morgan fingerprint density at radius 2 is 2.32 bits per heavy atom. The van der Waals surface area contributed by atoms with E-state index in [2.05, 4.69) is 46.9 Å². The lowest BCUT2D eigenvalue weighted by Gasteiger charge is -2.35. The van der Waals surface area contributed by atoms with E-state index >= 15 is 0 Å². The molecule has 1 N–H and O–H groups in total. The van der Waals surface area contributed by atoms with Crippen LogP contribution in [0.4, 0.5) is 0 Å². The van der Waals surface area contributed by atoms with Gasteiger partial charge in [-0.05, 0) is 36.5 Å². The second-order valence-corrected chi connectivity index (χ2v) is 6.04. The van der Waals surface area contributed by atoms with Gasteiger partial charge in [-0.15, -0.1) is 11.3 Å².